The maximum atomic E-state index is 8.44. The first kappa shape index (κ1) is 16.4. The first-order valence-electron chi connectivity index (χ1n) is 1.00. The van der Waals surface area contributed by atoms with E-state index >= 15 is 0 Å². The third kappa shape index (κ3) is 633. The molecular weight excluding hydrogens is 346 g/mol. The molecule has 0 aromatic rings. The molecule has 1 radical (unpaired) electrons. The van der Waals surface area contributed by atoms with Gasteiger partial charge in [-0.3, -0.25) is 8.42 Å². The molecule has 0 bridgehead atoms. The minimum Gasteiger partial charge on any atom is -0.784 e. The smallest absolute Gasteiger partial charge is 0.784 e. The predicted molar refractivity (Wildman–Crippen MR) is 19.4 cm³/mol. The largest absolute Gasteiger partial charge is 4.00 e. The van der Waals surface area contributed by atoms with Gasteiger partial charge in [-0.05, 0) is 0 Å². The van der Waals surface area contributed by atoms with E-state index in [4.69, 9.17) is 26.6 Å². The summed E-state index contributed by atoms with van der Waals surface area (Å²) in [6.07, 6.45) is 0. The second-order valence-corrected chi connectivity index (χ2v) is 1.22. The summed E-state index contributed by atoms with van der Waals surface area (Å²) in [5.41, 5.74) is 0. The van der Waals surface area contributed by atoms with Crippen LogP contribution in [0, 0.1) is 0 Å². The van der Waals surface area contributed by atoms with Crippen molar-refractivity contribution in [2.75, 3.05) is 0 Å². The van der Waals surface area contributed by atoms with E-state index in [2.05, 4.69) is 0 Å². The second-order valence-electron chi connectivity index (χ2n) is 0.408. The van der Waals surface area contributed by atoms with E-state index in [9.17, 15) is 0 Å². The number of hydrogen-bond donors (Lipinski definition) is 0. The van der Waals surface area contributed by atoms with Gasteiger partial charge in [-0.1, -0.05) is 0 Å². The van der Waals surface area contributed by atoms with E-state index in [0.717, 1.165) is 0 Å². The number of rotatable bonds is 0. The summed E-state index contributed by atoms with van der Waals surface area (Å²) >= 11 is -6.22. The predicted octanol–water partition coefficient (Wildman–Crippen LogP) is -2.01. The van der Waals surface area contributed by atoms with E-state index < -0.39 is 22.7 Å². The standard InChI is InChI=1S/2H2O3S.Re/c2*1-4(2)3;/h2*(H2,1,2,3);/q;;+4/p-4. The summed E-state index contributed by atoms with van der Waals surface area (Å²) in [5, 5.41) is 0. The first-order chi connectivity index (χ1) is 3.46. The SMILES string of the molecule is O=S([O-])[O-].O=S([O-])[O-].[Re+4]. The van der Waals surface area contributed by atoms with Gasteiger partial charge in [-0.2, -0.15) is 0 Å². The molecule has 0 unspecified atom stereocenters. The normalized spacial score (nSPS) is 7.78. The molecule has 0 aromatic carbocycles. The fraction of sp³-hybridized carbons (Fsp3) is 0. The molecule has 0 N–H and O–H groups in total. The van der Waals surface area contributed by atoms with Crippen molar-refractivity contribution in [2.45, 2.75) is 0 Å². The summed E-state index contributed by atoms with van der Waals surface area (Å²) in [6.45, 7) is 0. The molecule has 0 aromatic heterocycles. The monoisotopic (exact) mass is 347 g/mol. The van der Waals surface area contributed by atoms with Crippen molar-refractivity contribution in [3.05, 3.63) is 0 Å². The molecule has 0 aliphatic rings. The summed E-state index contributed by atoms with van der Waals surface area (Å²) in [7, 11) is 0. The zero-order valence-electron chi connectivity index (χ0n) is 3.64. The molecule has 0 saturated heterocycles. The van der Waals surface area contributed by atoms with Gasteiger partial charge in [0.05, 0.1) is 0 Å². The molecule has 0 saturated carbocycles. The van der Waals surface area contributed by atoms with Crippen LogP contribution in [0.25, 0.3) is 0 Å². The van der Waals surface area contributed by atoms with Gasteiger partial charge >= 0.3 is 20.4 Å². The third-order valence-electron chi connectivity index (χ3n) is 0. The van der Waals surface area contributed by atoms with Crippen LogP contribution in [0.2, 0.25) is 0 Å². The molecule has 6 nitrogen and oxygen atoms in total. The Morgan fingerprint density at radius 1 is 0.778 bits per heavy atom. The molecule has 0 atom stereocenters. The molecule has 0 spiro atoms. The van der Waals surface area contributed by atoms with E-state index in [0.29, 0.717) is 0 Å². The Morgan fingerprint density at radius 3 is 0.778 bits per heavy atom. The Balaban J connectivity index is -0.0000000720. The summed E-state index contributed by atoms with van der Waals surface area (Å²) in [6, 6.07) is 0. The van der Waals surface area contributed by atoms with E-state index in [-0.39, 0.29) is 20.4 Å². The zero-order chi connectivity index (χ0) is 7.15. The van der Waals surface area contributed by atoms with E-state index in [1.165, 1.54) is 0 Å². The zero-order valence-corrected chi connectivity index (χ0v) is 7.99. The van der Waals surface area contributed by atoms with Crippen LogP contribution in [0.4, 0.5) is 0 Å². The number of hydrogen-bond acceptors (Lipinski definition) is 6. The van der Waals surface area contributed by atoms with Crippen LogP contribution in [0.5, 0.6) is 0 Å². The average molecular weight is 346 g/mol. The topological polar surface area (TPSA) is 126 Å². The molecule has 0 rings (SSSR count). The first-order valence-corrected chi connectivity index (χ1v) is 3.00. The quantitative estimate of drug-likeness (QED) is 0.466. The van der Waals surface area contributed by atoms with Gasteiger partial charge < -0.3 is 18.2 Å². The van der Waals surface area contributed by atoms with Gasteiger partial charge in [0.2, 0.25) is 0 Å². The second kappa shape index (κ2) is 11.6. The molecule has 0 fully saturated rings. The van der Waals surface area contributed by atoms with Crippen LogP contribution in [0.15, 0.2) is 0 Å². The molecule has 0 aliphatic heterocycles. The maximum absolute atomic E-state index is 8.44. The van der Waals surface area contributed by atoms with Crippen molar-refractivity contribution in [3.63, 3.8) is 0 Å². The van der Waals surface area contributed by atoms with Crippen LogP contribution >= 0.6 is 0 Å². The third-order valence-corrected chi connectivity index (χ3v) is 0. The molecule has 0 aliphatic carbocycles. The summed E-state index contributed by atoms with van der Waals surface area (Å²) in [5.74, 6) is 0. The van der Waals surface area contributed by atoms with Crippen LogP contribution in [-0.4, -0.2) is 26.6 Å². The van der Waals surface area contributed by atoms with E-state index in [1.807, 2.05) is 0 Å². The van der Waals surface area contributed by atoms with Gasteiger partial charge in [0.1, 0.15) is 0 Å². The van der Waals surface area contributed by atoms with Gasteiger partial charge in [0, 0.05) is 0 Å². The van der Waals surface area contributed by atoms with Crippen LogP contribution in [0.1, 0.15) is 0 Å². The Bertz CT molecular complexity index is 69.1. The van der Waals surface area contributed by atoms with Crippen LogP contribution in [-0.2, 0) is 43.1 Å². The van der Waals surface area contributed by atoms with Crippen molar-refractivity contribution in [3.8, 4) is 0 Å². The van der Waals surface area contributed by atoms with Crippen LogP contribution < -0.4 is 0 Å². The average Bonchev–Trinajstić information content (AvgIpc) is 1.25. The Kier molecular flexibility index (Phi) is 21.1. The Labute approximate surface area is 69.9 Å². The Morgan fingerprint density at radius 2 is 0.778 bits per heavy atom. The summed E-state index contributed by atoms with van der Waals surface area (Å²) in [4.78, 5) is 0. The van der Waals surface area contributed by atoms with Crippen molar-refractivity contribution in [2.24, 2.45) is 0 Å². The Hall–Kier alpha value is 0.802. The minimum absolute atomic E-state index is 0. The summed E-state index contributed by atoms with van der Waals surface area (Å²) < 4.78 is 50.7. The van der Waals surface area contributed by atoms with Crippen molar-refractivity contribution < 1.29 is 47.1 Å². The maximum Gasteiger partial charge on any atom is 4.00 e. The molecule has 0 heterocycles. The fourth-order valence-electron chi connectivity index (χ4n) is 0. The van der Waals surface area contributed by atoms with Gasteiger partial charge in [-0.25, -0.2) is 0 Å². The fourth-order valence-corrected chi connectivity index (χ4v) is 0. The molecule has 55 valence electrons. The van der Waals surface area contributed by atoms with Gasteiger partial charge in [0.15, 0.2) is 0 Å². The van der Waals surface area contributed by atoms with Crippen molar-refractivity contribution in [1.29, 1.82) is 0 Å². The molecular formula is O6ReS2. The minimum atomic E-state index is -3.11. The van der Waals surface area contributed by atoms with E-state index in [1.54, 1.807) is 0 Å². The molecule has 9 heavy (non-hydrogen) atoms. The van der Waals surface area contributed by atoms with Crippen molar-refractivity contribution >= 4 is 22.7 Å². The molecule has 9 heteroatoms. The molecule has 0 amide bonds. The van der Waals surface area contributed by atoms with Crippen LogP contribution in [0.3, 0.4) is 0 Å². The van der Waals surface area contributed by atoms with Gasteiger partial charge in [-0.15, -0.1) is 22.7 Å². The van der Waals surface area contributed by atoms with Gasteiger partial charge in [0.25, 0.3) is 0 Å². The van der Waals surface area contributed by atoms with Crippen molar-refractivity contribution in [1.82, 2.24) is 0 Å².